The molecule has 1 fully saturated rings. The van der Waals surface area contributed by atoms with Gasteiger partial charge in [0.2, 0.25) is 5.91 Å². The molecule has 0 aliphatic carbocycles. The lowest BCUT2D eigenvalue weighted by molar-refractivity contribution is -0.384. The molecule has 8 heteroatoms. The molecule has 2 aliphatic rings. The van der Waals surface area contributed by atoms with Gasteiger partial charge in [-0.15, -0.1) is 0 Å². The number of nitro benzene ring substituents is 1. The summed E-state index contributed by atoms with van der Waals surface area (Å²) < 4.78 is 5.42. The SMILES string of the molecule is O=C(O)[C@@H]1[C@@H](C(=O)Nc2cccc([N+](=O)[O-])c2)[C@H]2C=C[C@@H]1O2. The van der Waals surface area contributed by atoms with Crippen LogP contribution in [0.5, 0.6) is 0 Å². The molecule has 1 aromatic rings. The van der Waals surface area contributed by atoms with E-state index < -0.39 is 40.8 Å². The monoisotopic (exact) mass is 304 g/mol. The van der Waals surface area contributed by atoms with Gasteiger partial charge in [-0.2, -0.15) is 0 Å². The summed E-state index contributed by atoms with van der Waals surface area (Å²) in [5, 5.41) is 22.5. The number of carboxylic acids is 1. The highest BCUT2D eigenvalue weighted by Crippen LogP contribution is 2.39. The zero-order chi connectivity index (χ0) is 15.9. The molecule has 1 saturated heterocycles. The van der Waals surface area contributed by atoms with Gasteiger partial charge in [0.05, 0.1) is 23.0 Å². The van der Waals surface area contributed by atoms with Gasteiger partial charge in [0.15, 0.2) is 0 Å². The zero-order valence-electron chi connectivity index (χ0n) is 11.2. The van der Waals surface area contributed by atoms with Crippen LogP contribution in [0.3, 0.4) is 0 Å². The Morgan fingerprint density at radius 2 is 1.91 bits per heavy atom. The van der Waals surface area contributed by atoms with E-state index in [1.54, 1.807) is 12.2 Å². The number of nitrogens with zero attached hydrogens (tertiary/aromatic N) is 1. The summed E-state index contributed by atoms with van der Waals surface area (Å²) in [6.45, 7) is 0. The molecule has 22 heavy (non-hydrogen) atoms. The minimum Gasteiger partial charge on any atom is -0.481 e. The van der Waals surface area contributed by atoms with Crippen LogP contribution in [0.25, 0.3) is 0 Å². The fraction of sp³-hybridized carbons (Fsp3) is 0.286. The van der Waals surface area contributed by atoms with Crippen molar-refractivity contribution >= 4 is 23.3 Å². The number of amides is 1. The molecule has 2 bridgehead atoms. The number of nitro groups is 1. The van der Waals surface area contributed by atoms with E-state index in [0.717, 1.165) is 0 Å². The van der Waals surface area contributed by atoms with E-state index in [2.05, 4.69) is 5.32 Å². The minimum absolute atomic E-state index is 0.156. The molecule has 0 saturated carbocycles. The Morgan fingerprint density at radius 1 is 1.23 bits per heavy atom. The molecule has 2 heterocycles. The van der Waals surface area contributed by atoms with E-state index in [0.29, 0.717) is 0 Å². The molecule has 0 aromatic heterocycles. The predicted molar refractivity (Wildman–Crippen MR) is 74.1 cm³/mol. The number of rotatable bonds is 4. The zero-order valence-corrected chi connectivity index (χ0v) is 11.2. The molecule has 1 amide bonds. The average Bonchev–Trinajstić information content (AvgIpc) is 3.07. The van der Waals surface area contributed by atoms with E-state index in [1.165, 1.54) is 24.3 Å². The molecule has 0 unspecified atom stereocenters. The average molecular weight is 304 g/mol. The topological polar surface area (TPSA) is 119 Å². The third-order valence-corrected chi connectivity index (χ3v) is 3.81. The van der Waals surface area contributed by atoms with Crippen molar-refractivity contribution in [2.75, 3.05) is 5.32 Å². The van der Waals surface area contributed by atoms with Gasteiger partial charge in [0, 0.05) is 17.8 Å². The first-order valence-electron chi connectivity index (χ1n) is 6.59. The predicted octanol–water partition coefficient (Wildman–Crippen LogP) is 1.19. The second-order valence-electron chi connectivity index (χ2n) is 5.14. The summed E-state index contributed by atoms with van der Waals surface area (Å²) >= 11 is 0. The summed E-state index contributed by atoms with van der Waals surface area (Å²) in [7, 11) is 0. The van der Waals surface area contributed by atoms with Crippen molar-refractivity contribution in [3.63, 3.8) is 0 Å². The minimum atomic E-state index is -1.10. The summed E-state index contributed by atoms with van der Waals surface area (Å²) in [5.74, 6) is -3.43. The number of carbonyl (C=O) groups is 2. The van der Waals surface area contributed by atoms with Gasteiger partial charge in [0.25, 0.3) is 5.69 Å². The summed E-state index contributed by atoms with van der Waals surface area (Å²) in [5.41, 5.74) is 0.0896. The van der Waals surface area contributed by atoms with E-state index in [-0.39, 0.29) is 11.4 Å². The summed E-state index contributed by atoms with van der Waals surface area (Å²) in [6.07, 6.45) is 2.12. The van der Waals surface area contributed by atoms with Crippen LogP contribution in [0.4, 0.5) is 11.4 Å². The molecule has 0 spiro atoms. The maximum Gasteiger partial charge on any atom is 0.310 e. The number of ether oxygens (including phenoxy) is 1. The van der Waals surface area contributed by atoms with Crippen LogP contribution in [-0.4, -0.2) is 34.1 Å². The van der Waals surface area contributed by atoms with Crippen LogP contribution < -0.4 is 5.32 Å². The van der Waals surface area contributed by atoms with Gasteiger partial charge in [-0.3, -0.25) is 19.7 Å². The van der Waals surface area contributed by atoms with Crippen molar-refractivity contribution in [1.29, 1.82) is 0 Å². The van der Waals surface area contributed by atoms with Gasteiger partial charge in [-0.05, 0) is 6.07 Å². The van der Waals surface area contributed by atoms with Gasteiger partial charge >= 0.3 is 5.97 Å². The fourth-order valence-corrected chi connectivity index (χ4v) is 2.84. The molecular weight excluding hydrogens is 292 g/mol. The van der Waals surface area contributed by atoms with E-state index in [1.807, 2.05) is 0 Å². The fourth-order valence-electron chi connectivity index (χ4n) is 2.84. The highest BCUT2D eigenvalue weighted by molar-refractivity contribution is 5.96. The van der Waals surface area contributed by atoms with Gasteiger partial charge in [0.1, 0.15) is 5.92 Å². The van der Waals surface area contributed by atoms with Crippen molar-refractivity contribution in [1.82, 2.24) is 0 Å². The maximum absolute atomic E-state index is 12.3. The Hall–Kier alpha value is -2.74. The first-order chi connectivity index (χ1) is 10.5. The lowest BCUT2D eigenvalue weighted by Gasteiger charge is -2.20. The van der Waals surface area contributed by atoms with E-state index in [4.69, 9.17) is 4.74 Å². The molecule has 8 nitrogen and oxygen atoms in total. The number of nitrogens with one attached hydrogen (secondary N) is 1. The van der Waals surface area contributed by atoms with Crippen molar-refractivity contribution in [2.45, 2.75) is 12.2 Å². The Morgan fingerprint density at radius 3 is 2.55 bits per heavy atom. The lowest BCUT2D eigenvalue weighted by Crippen LogP contribution is -2.39. The quantitative estimate of drug-likeness (QED) is 0.490. The van der Waals surface area contributed by atoms with Crippen molar-refractivity contribution in [3.05, 3.63) is 46.5 Å². The largest absolute Gasteiger partial charge is 0.481 e. The molecule has 114 valence electrons. The summed E-state index contributed by atoms with van der Waals surface area (Å²) in [4.78, 5) is 33.8. The Kier molecular flexibility index (Phi) is 3.38. The van der Waals surface area contributed by atoms with Gasteiger partial charge < -0.3 is 15.2 Å². The molecule has 1 aromatic carbocycles. The number of carbonyl (C=O) groups excluding carboxylic acids is 1. The lowest BCUT2D eigenvalue weighted by atomic mass is 9.82. The Labute approximate surface area is 124 Å². The highest BCUT2D eigenvalue weighted by atomic mass is 16.6. The summed E-state index contributed by atoms with van der Waals surface area (Å²) in [6, 6.07) is 5.47. The first kappa shape index (κ1) is 14.2. The van der Waals surface area contributed by atoms with Crippen molar-refractivity contribution in [3.8, 4) is 0 Å². The molecule has 0 radical (unpaired) electrons. The van der Waals surface area contributed by atoms with Crippen LogP contribution in [-0.2, 0) is 14.3 Å². The maximum atomic E-state index is 12.3. The van der Waals surface area contributed by atoms with Crippen LogP contribution in [0, 0.1) is 22.0 Å². The van der Waals surface area contributed by atoms with Crippen LogP contribution in [0.1, 0.15) is 0 Å². The first-order valence-corrected chi connectivity index (χ1v) is 6.59. The molecule has 2 aliphatic heterocycles. The molecule has 4 atom stereocenters. The smallest absolute Gasteiger partial charge is 0.310 e. The normalized spacial score (nSPS) is 28.5. The molecule has 2 N–H and O–H groups in total. The number of hydrogen-bond donors (Lipinski definition) is 2. The number of benzene rings is 1. The van der Waals surface area contributed by atoms with Gasteiger partial charge in [-0.25, -0.2) is 0 Å². The second kappa shape index (κ2) is 5.23. The third-order valence-electron chi connectivity index (χ3n) is 3.81. The Bertz CT molecular complexity index is 686. The number of aliphatic carboxylic acids is 1. The van der Waals surface area contributed by atoms with Crippen LogP contribution in [0.15, 0.2) is 36.4 Å². The number of hydrogen-bond acceptors (Lipinski definition) is 5. The Balaban J connectivity index is 1.80. The third kappa shape index (κ3) is 2.33. The molecular formula is C14H12N2O6. The van der Waals surface area contributed by atoms with Crippen molar-refractivity contribution < 1.29 is 24.4 Å². The number of carboxylic acid groups (broad SMARTS) is 1. The molecule has 3 rings (SSSR count). The van der Waals surface area contributed by atoms with Crippen LogP contribution in [0.2, 0.25) is 0 Å². The van der Waals surface area contributed by atoms with E-state index in [9.17, 15) is 24.8 Å². The highest BCUT2D eigenvalue weighted by Gasteiger charge is 2.53. The number of non-ortho nitro benzene ring substituents is 1. The number of fused-ring (bicyclic) bond motifs is 2. The standard InChI is InChI=1S/C14H12N2O6/c17-13(15-7-2-1-3-8(6-7)16(20)21)11-9-4-5-10(22-9)12(11)14(18)19/h1-6,9-12H,(H,15,17)(H,18,19)/t9-,10+,11+,12+/m1/s1. The van der Waals surface area contributed by atoms with Gasteiger partial charge in [-0.1, -0.05) is 18.2 Å². The number of anilines is 1. The second-order valence-corrected chi connectivity index (χ2v) is 5.14. The van der Waals surface area contributed by atoms with Crippen molar-refractivity contribution in [2.24, 2.45) is 11.8 Å². The van der Waals surface area contributed by atoms with E-state index >= 15 is 0 Å². The van der Waals surface area contributed by atoms with Crippen LogP contribution >= 0.6 is 0 Å².